The van der Waals surface area contributed by atoms with Crippen molar-refractivity contribution in [2.45, 2.75) is 26.7 Å². The predicted molar refractivity (Wildman–Crippen MR) is 78.9 cm³/mol. The first-order valence-corrected chi connectivity index (χ1v) is 6.95. The third-order valence-electron chi connectivity index (χ3n) is 4.12. The van der Waals surface area contributed by atoms with Gasteiger partial charge in [0.05, 0.1) is 19.0 Å². The molecule has 0 aliphatic carbocycles. The summed E-state index contributed by atoms with van der Waals surface area (Å²) in [6.45, 7) is 7.73. The van der Waals surface area contributed by atoms with Crippen molar-refractivity contribution in [3.8, 4) is 5.75 Å². The zero-order valence-corrected chi connectivity index (χ0v) is 12.5. The minimum absolute atomic E-state index is 0.370. The first-order chi connectivity index (χ1) is 9.02. The van der Waals surface area contributed by atoms with Crippen LogP contribution in [0.25, 0.3) is 0 Å². The third-order valence-corrected chi connectivity index (χ3v) is 4.12. The monoisotopic (exact) mass is 263 g/mol. The van der Waals surface area contributed by atoms with E-state index in [4.69, 9.17) is 4.74 Å². The summed E-state index contributed by atoms with van der Waals surface area (Å²) in [5.74, 6) is 0.821. The van der Waals surface area contributed by atoms with Gasteiger partial charge < -0.3 is 15.0 Å². The van der Waals surface area contributed by atoms with E-state index in [0.29, 0.717) is 5.41 Å². The van der Waals surface area contributed by atoms with Gasteiger partial charge in [0, 0.05) is 12.2 Å². The Bertz CT molecular complexity index is 425. The van der Waals surface area contributed by atoms with Crippen molar-refractivity contribution in [1.82, 2.24) is 9.88 Å². The summed E-state index contributed by atoms with van der Waals surface area (Å²) >= 11 is 0. The van der Waals surface area contributed by atoms with Crippen molar-refractivity contribution in [3.63, 3.8) is 0 Å². The Balaban J connectivity index is 2.00. The van der Waals surface area contributed by atoms with Gasteiger partial charge >= 0.3 is 0 Å². The fraction of sp³-hybridized carbons (Fsp3) is 0.667. The predicted octanol–water partition coefficient (Wildman–Crippen LogP) is 2.54. The molecule has 1 aromatic rings. The van der Waals surface area contributed by atoms with Gasteiger partial charge in [-0.1, -0.05) is 6.92 Å². The van der Waals surface area contributed by atoms with Gasteiger partial charge in [0.25, 0.3) is 0 Å². The topological polar surface area (TPSA) is 37.4 Å². The first kappa shape index (κ1) is 14.1. The van der Waals surface area contributed by atoms with Crippen LogP contribution in [-0.4, -0.2) is 43.7 Å². The summed E-state index contributed by atoms with van der Waals surface area (Å²) in [5.41, 5.74) is 2.43. The molecule has 1 aliphatic heterocycles. The van der Waals surface area contributed by atoms with E-state index in [0.717, 1.165) is 23.7 Å². The number of methoxy groups -OCH3 is 1. The normalized spacial score (nSPS) is 19.2. The minimum Gasteiger partial charge on any atom is -0.493 e. The first-order valence-electron chi connectivity index (χ1n) is 6.95. The Hall–Kier alpha value is -1.29. The average Bonchev–Trinajstić information content (AvgIpc) is 2.41. The highest BCUT2D eigenvalue weighted by Crippen LogP contribution is 2.32. The van der Waals surface area contributed by atoms with E-state index in [-0.39, 0.29) is 0 Å². The number of aromatic nitrogens is 1. The largest absolute Gasteiger partial charge is 0.493 e. The van der Waals surface area contributed by atoms with Crippen LogP contribution >= 0.6 is 0 Å². The average molecular weight is 263 g/mol. The molecule has 19 heavy (non-hydrogen) atoms. The molecule has 0 spiro atoms. The molecule has 1 aliphatic rings. The molecule has 4 nitrogen and oxygen atoms in total. The SMILES string of the molecule is COc1cnc(C)cc1NCC1(C)CCN(C)CC1. The number of pyridine rings is 1. The second-order valence-electron chi connectivity index (χ2n) is 5.99. The number of hydrogen-bond donors (Lipinski definition) is 1. The van der Waals surface area contributed by atoms with Crippen LogP contribution in [-0.2, 0) is 0 Å². The number of piperidine rings is 1. The van der Waals surface area contributed by atoms with E-state index in [1.165, 1.54) is 25.9 Å². The summed E-state index contributed by atoms with van der Waals surface area (Å²) in [4.78, 5) is 6.66. The standard InChI is InChI=1S/C15H25N3O/c1-12-9-13(14(19-4)10-16-12)17-11-15(2)5-7-18(3)8-6-15/h9-10H,5-8,11H2,1-4H3,(H,16,17). The third kappa shape index (κ3) is 3.60. The smallest absolute Gasteiger partial charge is 0.160 e. The molecule has 1 N–H and O–H groups in total. The summed E-state index contributed by atoms with van der Waals surface area (Å²) in [7, 11) is 3.89. The Morgan fingerprint density at radius 3 is 2.74 bits per heavy atom. The van der Waals surface area contributed by atoms with Crippen molar-refractivity contribution < 1.29 is 4.74 Å². The molecule has 1 fully saturated rings. The lowest BCUT2D eigenvalue weighted by atomic mass is 9.80. The molecule has 0 aromatic carbocycles. The number of likely N-dealkylation sites (tertiary alicyclic amines) is 1. The van der Waals surface area contributed by atoms with E-state index >= 15 is 0 Å². The maximum Gasteiger partial charge on any atom is 0.160 e. The maximum atomic E-state index is 5.36. The van der Waals surface area contributed by atoms with Gasteiger partial charge in [-0.25, -0.2) is 0 Å². The lowest BCUT2D eigenvalue weighted by molar-refractivity contribution is 0.150. The molecular formula is C15H25N3O. The molecule has 4 heteroatoms. The number of anilines is 1. The number of nitrogens with one attached hydrogen (secondary N) is 1. The zero-order valence-electron chi connectivity index (χ0n) is 12.5. The fourth-order valence-corrected chi connectivity index (χ4v) is 2.49. The number of nitrogens with zero attached hydrogens (tertiary/aromatic N) is 2. The van der Waals surface area contributed by atoms with E-state index in [1.54, 1.807) is 13.3 Å². The molecule has 106 valence electrons. The fourth-order valence-electron chi connectivity index (χ4n) is 2.49. The van der Waals surface area contributed by atoms with Crippen LogP contribution in [0, 0.1) is 12.3 Å². The van der Waals surface area contributed by atoms with E-state index in [9.17, 15) is 0 Å². The van der Waals surface area contributed by atoms with Crippen molar-refractivity contribution in [1.29, 1.82) is 0 Å². The number of ether oxygens (including phenoxy) is 1. The van der Waals surface area contributed by atoms with Crippen molar-refractivity contribution in [3.05, 3.63) is 18.0 Å². The zero-order chi connectivity index (χ0) is 13.9. The Morgan fingerprint density at radius 2 is 2.11 bits per heavy atom. The molecule has 1 saturated heterocycles. The molecule has 1 aromatic heterocycles. The van der Waals surface area contributed by atoms with Crippen LogP contribution < -0.4 is 10.1 Å². The number of rotatable bonds is 4. The van der Waals surface area contributed by atoms with Crippen LogP contribution in [0.3, 0.4) is 0 Å². The highest BCUT2D eigenvalue weighted by atomic mass is 16.5. The van der Waals surface area contributed by atoms with E-state index in [1.807, 2.05) is 6.92 Å². The second-order valence-corrected chi connectivity index (χ2v) is 5.99. The van der Waals surface area contributed by atoms with Gasteiger partial charge in [-0.15, -0.1) is 0 Å². The lowest BCUT2D eigenvalue weighted by Gasteiger charge is -2.38. The number of aryl methyl sites for hydroxylation is 1. The van der Waals surface area contributed by atoms with E-state index < -0.39 is 0 Å². The van der Waals surface area contributed by atoms with Crippen molar-refractivity contribution in [2.75, 3.05) is 39.1 Å². The van der Waals surface area contributed by atoms with Gasteiger partial charge in [-0.2, -0.15) is 0 Å². The Morgan fingerprint density at radius 1 is 1.42 bits per heavy atom. The van der Waals surface area contributed by atoms with Gasteiger partial charge in [0.1, 0.15) is 0 Å². The van der Waals surface area contributed by atoms with Crippen LogP contribution in [0.4, 0.5) is 5.69 Å². The van der Waals surface area contributed by atoms with Gasteiger partial charge in [-0.3, -0.25) is 4.98 Å². The molecule has 2 rings (SSSR count). The lowest BCUT2D eigenvalue weighted by Crippen LogP contribution is -2.40. The quantitative estimate of drug-likeness (QED) is 0.906. The number of hydrogen-bond acceptors (Lipinski definition) is 4. The molecule has 0 unspecified atom stereocenters. The molecule has 0 amide bonds. The van der Waals surface area contributed by atoms with Gasteiger partial charge in [0.2, 0.25) is 0 Å². The minimum atomic E-state index is 0.370. The van der Waals surface area contributed by atoms with Crippen LogP contribution in [0.2, 0.25) is 0 Å². The molecule has 0 bridgehead atoms. The molecule has 0 atom stereocenters. The maximum absolute atomic E-state index is 5.36. The van der Waals surface area contributed by atoms with E-state index in [2.05, 4.69) is 35.2 Å². The van der Waals surface area contributed by atoms with Crippen LogP contribution in [0.15, 0.2) is 12.3 Å². The molecular weight excluding hydrogens is 238 g/mol. The van der Waals surface area contributed by atoms with Gasteiger partial charge in [-0.05, 0) is 51.4 Å². The van der Waals surface area contributed by atoms with Crippen LogP contribution in [0.5, 0.6) is 5.75 Å². The summed E-state index contributed by atoms with van der Waals surface area (Å²) < 4.78 is 5.36. The highest BCUT2D eigenvalue weighted by Gasteiger charge is 2.28. The molecule has 0 radical (unpaired) electrons. The summed E-state index contributed by atoms with van der Waals surface area (Å²) in [6, 6.07) is 2.05. The Kier molecular flexibility index (Phi) is 4.30. The molecule has 2 heterocycles. The highest BCUT2D eigenvalue weighted by molar-refractivity contribution is 5.56. The second kappa shape index (κ2) is 5.78. The van der Waals surface area contributed by atoms with Crippen molar-refractivity contribution >= 4 is 5.69 Å². The van der Waals surface area contributed by atoms with Gasteiger partial charge in [0.15, 0.2) is 5.75 Å². The van der Waals surface area contributed by atoms with Crippen LogP contribution in [0.1, 0.15) is 25.5 Å². The molecule has 0 saturated carbocycles. The van der Waals surface area contributed by atoms with Crippen molar-refractivity contribution in [2.24, 2.45) is 5.41 Å². The summed E-state index contributed by atoms with van der Waals surface area (Å²) in [5, 5.41) is 3.55. The summed E-state index contributed by atoms with van der Waals surface area (Å²) in [6.07, 6.45) is 4.26. The Labute approximate surface area is 116 Å².